The normalized spacial score (nSPS) is 10.3. The highest BCUT2D eigenvalue weighted by Gasteiger charge is 2.05. The van der Waals surface area contributed by atoms with Crippen molar-refractivity contribution in [1.82, 2.24) is 0 Å². The molecule has 0 aliphatic heterocycles. The van der Waals surface area contributed by atoms with E-state index in [1.807, 2.05) is 37.3 Å². The molecule has 0 aliphatic rings. The van der Waals surface area contributed by atoms with Crippen LogP contribution in [0, 0.1) is 6.92 Å². The fourth-order valence-electron chi connectivity index (χ4n) is 1.80. The van der Waals surface area contributed by atoms with Gasteiger partial charge in [0.2, 0.25) is 0 Å². The molecule has 0 bridgehead atoms. The highest BCUT2D eigenvalue weighted by atomic mass is 35.5. The van der Waals surface area contributed by atoms with Gasteiger partial charge in [-0.05, 0) is 42.3 Å². The van der Waals surface area contributed by atoms with Gasteiger partial charge < -0.3 is 10.1 Å². The summed E-state index contributed by atoms with van der Waals surface area (Å²) in [6.45, 7) is 2.64. The second-order valence-corrected chi connectivity index (χ2v) is 5.14. The zero-order valence-electron chi connectivity index (χ0n) is 10.8. The molecule has 0 saturated heterocycles. The molecule has 0 radical (unpaired) electrons. The Morgan fingerprint density at radius 3 is 2.58 bits per heavy atom. The quantitative estimate of drug-likeness (QED) is 0.864. The smallest absolute Gasteiger partial charge is 0.142 e. The Hall–Kier alpha value is -1.38. The zero-order valence-corrected chi connectivity index (χ0v) is 12.3. The lowest BCUT2D eigenvalue weighted by Gasteiger charge is -2.12. The first-order valence-electron chi connectivity index (χ1n) is 5.92. The van der Waals surface area contributed by atoms with Crippen LogP contribution in [-0.4, -0.2) is 7.11 Å². The standard InChI is InChI=1S/C15H15Cl2NO/c1-10-3-4-11(13(17)7-10)9-18-14-8-12(16)5-6-15(14)19-2/h3-8,18H,9H2,1-2H3. The van der Waals surface area contributed by atoms with Crippen molar-refractivity contribution < 1.29 is 4.74 Å². The number of aryl methyl sites for hydroxylation is 1. The molecule has 1 N–H and O–H groups in total. The SMILES string of the molecule is COc1ccc(Cl)cc1NCc1ccc(C)cc1Cl. The van der Waals surface area contributed by atoms with Crippen molar-refractivity contribution in [1.29, 1.82) is 0 Å². The topological polar surface area (TPSA) is 21.3 Å². The van der Waals surface area contributed by atoms with E-state index in [0.29, 0.717) is 11.6 Å². The summed E-state index contributed by atoms with van der Waals surface area (Å²) in [5.41, 5.74) is 3.04. The van der Waals surface area contributed by atoms with Crippen LogP contribution in [0.5, 0.6) is 5.75 Å². The molecule has 2 aromatic rings. The molecule has 2 rings (SSSR count). The van der Waals surface area contributed by atoms with Gasteiger partial charge in [0.05, 0.1) is 12.8 Å². The van der Waals surface area contributed by atoms with Crippen LogP contribution in [0.25, 0.3) is 0 Å². The van der Waals surface area contributed by atoms with Crippen molar-refractivity contribution in [2.24, 2.45) is 0 Å². The molecule has 0 fully saturated rings. The van der Waals surface area contributed by atoms with E-state index >= 15 is 0 Å². The van der Waals surface area contributed by atoms with Gasteiger partial charge in [0, 0.05) is 16.6 Å². The third-order valence-electron chi connectivity index (χ3n) is 2.84. The van der Waals surface area contributed by atoms with Gasteiger partial charge >= 0.3 is 0 Å². The van der Waals surface area contributed by atoms with Gasteiger partial charge in [0.15, 0.2) is 0 Å². The number of nitrogens with one attached hydrogen (secondary N) is 1. The van der Waals surface area contributed by atoms with Crippen LogP contribution in [0.2, 0.25) is 10.0 Å². The summed E-state index contributed by atoms with van der Waals surface area (Å²) >= 11 is 12.2. The second-order valence-electron chi connectivity index (χ2n) is 4.29. The maximum Gasteiger partial charge on any atom is 0.142 e. The first-order valence-corrected chi connectivity index (χ1v) is 6.68. The van der Waals surface area contributed by atoms with E-state index in [9.17, 15) is 0 Å². The molecule has 0 heterocycles. The van der Waals surface area contributed by atoms with Crippen LogP contribution < -0.4 is 10.1 Å². The van der Waals surface area contributed by atoms with Gasteiger partial charge in [-0.3, -0.25) is 0 Å². The van der Waals surface area contributed by atoms with Gasteiger partial charge in [-0.15, -0.1) is 0 Å². The number of benzene rings is 2. The van der Waals surface area contributed by atoms with Crippen LogP contribution in [0.3, 0.4) is 0 Å². The summed E-state index contributed by atoms with van der Waals surface area (Å²) in [6.07, 6.45) is 0. The first-order chi connectivity index (χ1) is 9.10. The molecule has 0 spiro atoms. The Labute approximate surface area is 123 Å². The fourth-order valence-corrected chi connectivity index (χ4v) is 2.28. The van der Waals surface area contributed by atoms with Crippen LogP contribution in [0.1, 0.15) is 11.1 Å². The minimum absolute atomic E-state index is 0.621. The maximum absolute atomic E-state index is 6.20. The molecule has 100 valence electrons. The molecule has 2 nitrogen and oxygen atoms in total. The Morgan fingerprint density at radius 2 is 1.89 bits per heavy atom. The Kier molecular flexibility index (Phi) is 4.56. The minimum atomic E-state index is 0.621. The van der Waals surface area contributed by atoms with E-state index in [1.165, 1.54) is 0 Å². The van der Waals surface area contributed by atoms with Crippen LogP contribution in [-0.2, 0) is 6.54 Å². The molecule has 0 unspecified atom stereocenters. The summed E-state index contributed by atoms with van der Waals surface area (Å²) in [7, 11) is 1.63. The van der Waals surface area contributed by atoms with Gasteiger partial charge in [0.25, 0.3) is 0 Å². The molecule has 0 amide bonds. The Bertz CT molecular complexity index is 584. The number of anilines is 1. The zero-order chi connectivity index (χ0) is 13.8. The fraction of sp³-hybridized carbons (Fsp3) is 0.200. The van der Waals surface area contributed by atoms with Crippen LogP contribution in [0.15, 0.2) is 36.4 Å². The van der Waals surface area contributed by atoms with Gasteiger partial charge in [-0.25, -0.2) is 0 Å². The van der Waals surface area contributed by atoms with Crippen molar-refractivity contribution in [2.75, 3.05) is 12.4 Å². The largest absolute Gasteiger partial charge is 0.495 e. The molecule has 0 aliphatic carbocycles. The summed E-state index contributed by atoms with van der Waals surface area (Å²) in [6, 6.07) is 11.5. The first kappa shape index (κ1) is 14.0. The number of ether oxygens (including phenoxy) is 1. The third-order valence-corrected chi connectivity index (χ3v) is 3.43. The van der Waals surface area contributed by atoms with Crippen LogP contribution >= 0.6 is 23.2 Å². The summed E-state index contributed by atoms with van der Waals surface area (Å²) in [4.78, 5) is 0. The van der Waals surface area contributed by atoms with Gasteiger partial charge in [-0.2, -0.15) is 0 Å². The van der Waals surface area contributed by atoms with E-state index in [-0.39, 0.29) is 0 Å². The van der Waals surface area contributed by atoms with E-state index in [2.05, 4.69) is 5.32 Å². The van der Waals surface area contributed by atoms with E-state index in [0.717, 1.165) is 27.6 Å². The summed E-state index contributed by atoms with van der Waals surface area (Å²) in [5.74, 6) is 0.757. The average Bonchev–Trinajstić information content (AvgIpc) is 2.38. The molecule has 4 heteroatoms. The molecule has 0 saturated carbocycles. The van der Waals surface area contributed by atoms with E-state index in [4.69, 9.17) is 27.9 Å². The van der Waals surface area contributed by atoms with Crippen molar-refractivity contribution in [2.45, 2.75) is 13.5 Å². The third kappa shape index (κ3) is 3.55. The van der Waals surface area contributed by atoms with E-state index < -0.39 is 0 Å². The lowest BCUT2D eigenvalue weighted by Crippen LogP contribution is -2.02. The number of hydrogen-bond acceptors (Lipinski definition) is 2. The predicted molar refractivity (Wildman–Crippen MR) is 81.5 cm³/mol. The van der Waals surface area contributed by atoms with Crippen molar-refractivity contribution in [3.8, 4) is 5.75 Å². The molecule has 19 heavy (non-hydrogen) atoms. The number of hydrogen-bond donors (Lipinski definition) is 1. The van der Waals surface area contributed by atoms with E-state index in [1.54, 1.807) is 13.2 Å². The van der Waals surface area contributed by atoms with Gasteiger partial charge in [0.1, 0.15) is 5.75 Å². The molecule has 0 atom stereocenters. The summed E-state index contributed by atoms with van der Waals surface area (Å²) < 4.78 is 5.28. The Morgan fingerprint density at radius 1 is 1.11 bits per heavy atom. The lowest BCUT2D eigenvalue weighted by molar-refractivity contribution is 0.416. The van der Waals surface area contributed by atoms with Crippen molar-refractivity contribution in [3.63, 3.8) is 0 Å². The predicted octanol–water partition coefficient (Wildman–Crippen LogP) is 4.92. The molecule has 0 aromatic heterocycles. The highest BCUT2D eigenvalue weighted by molar-refractivity contribution is 6.31. The highest BCUT2D eigenvalue weighted by Crippen LogP contribution is 2.28. The molecular formula is C15H15Cl2NO. The second kappa shape index (κ2) is 6.18. The van der Waals surface area contributed by atoms with Crippen molar-refractivity contribution >= 4 is 28.9 Å². The van der Waals surface area contributed by atoms with Gasteiger partial charge in [-0.1, -0.05) is 35.3 Å². The monoisotopic (exact) mass is 295 g/mol. The maximum atomic E-state index is 6.20. The Balaban J connectivity index is 2.16. The number of halogens is 2. The van der Waals surface area contributed by atoms with Crippen molar-refractivity contribution in [3.05, 3.63) is 57.6 Å². The molecule has 2 aromatic carbocycles. The average molecular weight is 296 g/mol. The number of rotatable bonds is 4. The minimum Gasteiger partial charge on any atom is -0.495 e. The number of methoxy groups -OCH3 is 1. The molecular weight excluding hydrogens is 281 g/mol. The summed E-state index contributed by atoms with van der Waals surface area (Å²) in [5, 5.41) is 4.71. The lowest BCUT2D eigenvalue weighted by atomic mass is 10.1. The van der Waals surface area contributed by atoms with Crippen LogP contribution in [0.4, 0.5) is 5.69 Å².